The lowest BCUT2D eigenvalue weighted by atomic mass is 9.80. The topological polar surface area (TPSA) is 126 Å². The van der Waals surface area contributed by atoms with Crippen molar-refractivity contribution in [3.8, 4) is 11.3 Å². The number of allylic oxidation sites excluding steroid dienone is 1. The van der Waals surface area contributed by atoms with Crippen molar-refractivity contribution in [2.45, 2.75) is 18.1 Å². The summed E-state index contributed by atoms with van der Waals surface area (Å²) in [4.78, 5) is 18.8. The van der Waals surface area contributed by atoms with Gasteiger partial charge in [-0.15, -0.1) is 0 Å². The zero-order chi connectivity index (χ0) is 22.6. The monoisotopic (exact) mass is 430 g/mol. The van der Waals surface area contributed by atoms with Crippen LogP contribution in [0.4, 0.5) is 13.2 Å². The summed E-state index contributed by atoms with van der Waals surface area (Å²) in [5, 5.41) is 12.2. The second-order valence-electron chi connectivity index (χ2n) is 7.30. The van der Waals surface area contributed by atoms with Crippen LogP contribution in [0.3, 0.4) is 0 Å². The average Bonchev–Trinajstić information content (AvgIpc) is 3.06. The van der Waals surface area contributed by atoms with Gasteiger partial charge in [0.05, 0.1) is 22.6 Å². The molecule has 1 unspecified atom stereocenters. The highest BCUT2D eigenvalue weighted by atomic mass is 19.4. The number of hydrogen-bond acceptors (Lipinski definition) is 6. The van der Waals surface area contributed by atoms with Crippen molar-refractivity contribution < 1.29 is 18.1 Å². The summed E-state index contributed by atoms with van der Waals surface area (Å²) in [7, 11) is 1.83. The van der Waals surface area contributed by atoms with E-state index in [1.165, 1.54) is 6.20 Å². The molecule has 0 aliphatic heterocycles. The van der Waals surface area contributed by atoms with Crippen LogP contribution in [0.15, 0.2) is 65.8 Å². The molecule has 1 aliphatic carbocycles. The fraction of sp³-hybridized carbons (Fsp3) is 0.200. The number of para-hydroxylation sites is 1. The van der Waals surface area contributed by atoms with Crippen LogP contribution in [-0.4, -0.2) is 25.6 Å². The highest BCUT2D eigenvalue weighted by molar-refractivity contribution is 5.95. The Labute approximate surface area is 173 Å². The predicted octanol–water partition coefficient (Wildman–Crippen LogP) is 3.13. The van der Waals surface area contributed by atoms with E-state index in [2.05, 4.69) is 9.97 Å². The maximum atomic E-state index is 13.8. The molecule has 0 saturated heterocycles. The van der Waals surface area contributed by atoms with Gasteiger partial charge >= 0.3 is 6.18 Å². The Morgan fingerprint density at radius 1 is 1.26 bits per heavy atom. The lowest BCUT2D eigenvalue weighted by Gasteiger charge is -2.33. The van der Waals surface area contributed by atoms with E-state index < -0.39 is 40.0 Å². The first-order valence-electron chi connectivity index (χ1n) is 9.11. The average molecular weight is 430 g/mol. The molecule has 0 fully saturated rings. The molecule has 0 amide bonds. The summed E-state index contributed by atoms with van der Waals surface area (Å²) in [6.45, 7) is 0. The first-order valence-corrected chi connectivity index (χ1v) is 9.11. The fourth-order valence-corrected chi connectivity index (χ4v) is 3.80. The number of hydrogen-bond donors (Lipinski definition) is 2. The van der Waals surface area contributed by atoms with Crippen molar-refractivity contribution in [3.63, 3.8) is 0 Å². The minimum atomic E-state index is -4.89. The van der Waals surface area contributed by atoms with E-state index in [-0.39, 0.29) is 5.82 Å². The van der Waals surface area contributed by atoms with E-state index in [0.717, 1.165) is 10.9 Å². The quantitative estimate of drug-likeness (QED) is 0.486. The van der Waals surface area contributed by atoms with Gasteiger partial charge in [0.2, 0.25) is 0 Å². The molecule has 1 atom stereocenters. The highest BCUT2D eigenvalue weighted by Gasteiger charge is 2.53. The zero-order valence-electron chi connectivity index (χ0n) is 16.2. The molecule has 0 spiro atoms. The van der Waals surface area contributed by atoms with Crippen molar-refractivity contribution in [2.24, 2.45) is 18.5 Å². The zero-order valence-corrected chi connectivity index (χ0v) is 16.2. The van der Waals surface area contributed by atoms with Crippen LogP contribution < -0.4 is 11.5 Å². The van der Waals surface area contributed by atoms with Crippen LogP contribution in [-0.2, 0) is 12.6 Å². The number of aromatic nitrogens is 3. The third kappa shape index (κ3) is 3.32. The molecular formula is C20H17F3N6O2. The molecule has 0 saturated carbocycles. The van der Waals surface area contributed by atoms with Gasteiger partial charge in [0.25, 0.3) is 5.70 Å². The van der Waals surface area contributed by atoms with Crippen molar-refractivity contribution in [3.05, 3.63) is 81.7 Å². The maximum absolute atomic E-state index is 13.8. The van der Waals surface area contributed by atoms with Crippen LogP contribution in [0.1, 0.15) is 12.2 Å². The number of nitrogens with two attached hydrogens (primary N) is 2. The summed E-state index contributed by atoms with van der Waals surface area (Å²) in [6.07, 6.45) is -2.11. The van der Waals surface area contributed by atoms with Crippen molar-refractivity contribution in [1.29, 1.82) is 0 Å². The van der Waals surface area contributed by atoms with E-state index in [1.54, 1.807) is 12.3 Å². The number of alkyl halides is 3. The highest BCUT2D eigenvalue weighted by Crippen LogP contribution is 2.44. The number of fused-ring (bicyclic) bond motifs is 1. The number of halogens is 3. The van der Waals surface area contributed by atoms with Crippen molar-refractivity contribution in [1.82, 2.24) is 14.5 Å². The van der Waals surface area contributed by atoms with Crippen molar-refractivity contribution in [2.75, 3.05) is 0 Å². The number of nitro groups is 1. The van der Waals surface area contributed by atoms with Gasteiger partial charge in [-0.05, 0) is 18.2 Å². The van der Waals surface area contributed by atoms with Crippen LogP contribution in [0, 0.1) is 10.1 Å². The second kappa shape index (κ2) is 6.91. The Bertz CT molecular complexity index is 1280. The molecule has 2 heterocycles. The van der Waals surface area contributed by atoms with E-state index in [4.69, 9.17) is 11.5 Å². The largest absolute Gasteiger partial charge is 0.415 e. The van der Waals surface area contributed by atoms with E-state index in [1.807, 2.05) is 35.9 Å². The molecule has 11 heteroatoms. The van der Waals surface area contributed by atoms with Gasteiger partial charge in [-0.3, -0.25) is 10.1 Å². The van der Waals surface area contributed by atoms with Gasteiger partial charge in [0, 0.05) is 35.9 Å². The molecule has 4 rings (SSSR count). The Balaban J connectivity index is 1.90. The minimum absolute atomic E-state index is 0.346. The molecule has 2 aromatic heterocycles. The second-order valence-corrected chi connectivity index (χ2v) is 7.30. The molecular weight excluding hydrogens is 413 g/mol. The third-order valence-corrected chi connectivity index (χ3v) is 5.31. The van der Waals surface area contributed by atoms with Crippen LogP contribution in [0.2, 0.25) is 0 Å². The van der Waals surface area contributed by atoms with Gasteiger partial charge in [0.1, 0.15) is 11.2 Å². The Kier molecular flexibility index (Phi) is 4.58. The summed E-state index contributed by atoms with van der Waals surface area (Å²) in [6, 6.07) is 9.01. The van der Waals surface area contributed by atoms with Crippen LogP contribution in [0.5, 0.6) is 0 Å². The Hall–Kier alpha value is -3.73. The van der Waals surface area contributed by atoms with Gasteiger partial charge < -0.3 is 16.0 Å². The fourth-order valence-electron chi connectivity index (χ4n) is 3.80. The number of aryl methyl sites for hydroxylation is 1. The molecule has 31 heavy (non-hydrogen) atoms. The standard InChI is InChI=1S/C20H17F3N6O2/c1-28-10-12(11-4-2-3-5-15(11)28)14-6-7-26-18(27-14)19(25)9-16(29(30)31)13(24)8-17(19)20(21,22)23/h2-8,10H,9,24-25H2,1H3. The van der Waals surface area contributed by atoms with Crippen LogP contribution in [0.25, 0.3) is 22.2 Å². The third-order valence-electron chi connectivity index (χ3n) is 5.31. The lowest BCUT2D eigenvalue weighted by molar-refractivity contribution is -0.430. The maximum Gasteiger partial charge on any atom is 0.415 e. The van der Waals surface area contributed by atoms with E-state index in [0.29, 0.717) is 17.3 Å². The molecule has 3 aromatic rings. The molecule has 0 bridgehead atoms. The summed E-state index contributed by atoms with van der Waals surface area (Å²) < 4.78 is 43.3. The van der Waals surface area contributed by atoms with E-state index in [9.17, 15) is 23.3 Å². The molecule has 8 nitrogen and oxygen atoms in total. The normalized spacial score (nSPS) is 19.6. The first-order chi connectivity index (χ1) is 14.5. The summed E-state index contributed by atoms with van der Waals surface area (Å²) in [5.74, 6) is -0.381. The molecule has 1 aliphatic rings. The van der Waals surface area contributed by atoms with E-state index >= 15 is 0 Å². The molecule has 1 aromatic carbocycles. The molecule has 0 radical (unpaired) electrons. The van der Waals surface area contributed by atoms with Gasteiger partial charge in [0.15, 0.2) is 5.82 Å². The first kappa shape index (κ1) is 20.5. The number of benzene rings is 1. The summed E-state index contributed by atoms with van der Waals surface area (Å²) >= 11 is 0. The van der Waals surface area contributed by atoms with Gasteiger partial charge in [-0.2, -0.15) is 13.2 Å². The predicted molar refractivity (Wildman–Crippen MR) is 107 cm³/mol. The number of nitrogens with zero attached hydrogens (tertiary/aromatic N) is 4. The van der Waals surface area contributed by atoms with Gasteiger partial charge in [-0.25, -0.2) is 9.97 Å². The Morgan fingerprint density at radius 3 is 2.65 bits per heavy atom. The number of rotatable bonds is 3. The van der Waals surface area contributed by atoms with Crippen molar-refractivity contribution >= 4 is 10.9 Å². The molecule has 4 N–H and O–H groups in total. The van der Waals surface area contributed by atoms with Gasteiger partial charge in [-0.1, -0.05) is 18.2 Å². The summed E-state index contributed by atoms with van der Waals surface area (Å²) in [5.41, 5.74) is 8.77. The lowest BCUT2D eigenvalue weighted by Crippen LogP contribution is -2.48. The smallest absolute Gasteiger partial charge is 0.393 e. The molecule has 160 valence electrons. The minimum Gasteiger partial charge on any atom is -0.393 e. The van der Waals surface area contributed by atoms with Crippen LogP contribution >= 0.6 is 0 Å². The SMILES string of the molecule is Cn1cc(-c2ccnc(C3(N)CC([N+](=O)[O-])=C(N)C=C3C(F)(F)F)n2)c2ccccc21. The Morgan fingerprint density at radius 2 is 1.97 bits per heavy atom.